The van der Waals surface area contributed by atoms with Gasteiger partial charge in [-0.3, -0.25) is 0 Å². The molecule has 0 aliphatic heterocycles. The minimum Gasteiger partial charge on any atom is -0.126 e. The fourth-order valence-electron chi connectivity index (χ4n) is 1.48. The van der Waals surface area contributed by atoms with Gasteiger partial charge in [-0.25, -0.2) is 0 Å². The third-order valence-corrected chi connectivity index (χ3v) is 2.79. The maximum absolute atomic E-state index is 5.73. The van der Waals surface area contributed by atoms with Crippen LogP contribution in [0.3, 0.4) is 0 Å². The van der Waals surface area contributed by atoms with E-state index in [9.17, 15) is 0 Å². The zero-order valence-corrected chi connectivity index (χ0v) is 6.82. The summed E-state index contributed by atoms with van der Waals surface area (Å²) in [5.41, 5.74) is 0. The number of alkyl halides is 1. The molecule has 0 aromatic heterocycles. The zero-order chi connectivity index (χ0) is 6.69. The first-order chi connectivity index (χ1) is 4.33. The molecule has 1 fully saturated rings. The molecule has 1 rings (SSSR count). The minimum absolute atomic E-state index is 0.836. The molecule has 0 amide bonds. The maximum atomic E-state index is 5.73. The monoisotopic (exact) mass is 146 g/mol. The van der Waals surface area contributed by atoms with Gasteiger partial charge in [-0.1, -0.05) is 19.8 Å². The quantitative estimate of drug-likeness (QED) is 0.499. The summed E-state index contributed by atoms with van der Waals surface area (Å²) in [4.78, 5) is 0. The number of hydrogen-bond donors (Lipinski definition) is 0. The van der Waals surface area contributed by atoms with Crippen LogP contribution >= 0.6 is 11.6 Å². The molecule has 0 nitrogen and oxygen atoms in total. The van der Waals surface area contributed by atoms with Crippen molar-refractivity contribution in [2.75, 3.05) is 5.88 Å². The topological polar surface area (TPSA) is 0 Å². The molecule has 0 atom stereocenters. The van der Waals surface area contributed by atoms with Crippen LogP contribution in [0.15, 0.2) is 0 Å². The van der Waals surface area contributed by atoms with Gasteiger partial charge in [0.05, 0.1) is 0 Å². The molecule has 1 saturated carbocycles. The van der Waals surface area contributed by atoms with Crippen LogP contribution in [0.2, 0.25) is 0 Å². The predicted molar refractivity (Wildman–Crippen MR) is 41.8 cm³/mol. The Kier molecular flexibility index (Phi) is 2.84. The smallest absolute Gasteiger partial charge is 0.0251 e. The summed E-state index contributed by atoms with van der Waals surface area (Å²) in [5.74, 6) is 2.68. The summed E-state index contributed by atoms with van der Waals surface area (Å²) in [7, 11) is 0. The molecule has 0 N–H and O–H groups in total. The zero-order valence-electron chi connectivity index (χ0n) is 6.07. The third-order valence-electron chi connectivity index (χ3n) is 2.35. The van der Waals surface area contributed by atoms with Gasteiger partial charge in [0.15, 0.2) is 0 Å². The van der Waals surface area contributed by atoms with Gasteiger partial charge in [0, 0.05) is 5.88 Å². The first-order valence-corrected chi connectivity index (χ1v) is 4.42. The summed E-state index contributed by atoms with van der Waals surface area (Å²) in [5, 5.41) is 0. The van der Waals surface area contributed by atoms with Crippen LogP contribution < -0.4 is 0 Å². The van der Waals surface area contributed by atoms with Crippen LogP contribution in [0, 0.1) is 11.8 Å². The Hall–Kier alpha value is 0.290. The van der Waals surface area contributed by atoms with Crippen LogP contribution in [-0.2, 0) is 0 Å². The van der Waals surface area contributed by atoms with Crippen molar-refractivity contribution in [1.29, 1.82) is 0 Å². The van der Waals surface area contributed by atoms with Gasteiger partial charge in [0.25, 0.3) is 0 Å². The lowest BCUT2D eigenvalue weighted by atomic mass is 9.84. The van der Waals surface area contributed by atoms with E-state index in [0.29, 0.717) is 0 Å². The Morgan fingerprint density at radius 3 is 2.22 bits per heavy atom. The molecule has 1 heteroatoms. The lowest BCUT2D eigenvalue weighted by Crippen LogP contribution is -2.12. The largest absolute Gasteiger partial charge is 0.126 e. The molecule has 0 unspecified atom stereocenters. The lowest BCUT2D eigenvalue weighted by molar-refractivity contribution is 0.310. The van der Waals surface area contributed by atoms with Gasteiger partial charge in [-0.15, -0.1) is 11.6 Å². The summed E-state index contributed by atoms with van der Waals surface area (Å²) in [6.07, 6.45) is 5.53. The molecule has 54 valence electrons. The van der Waals surface area contributed by atoms with Crippen molar-refractivity contribution in [2.24, 2.45) is 11.8 Å². The van der Waals surface area contributed by atoms with Gasteiger partial charge in [-0.2, -0.15) is 0 Å². The van der Waals surface area contributed by atoms with E-state index in [2.05, 4.69) is 6.92 Å². The van der Waals surface area contributed by atoms with Crippen LogP contribution in [0.1, 0.15) is 32.6 Å². The molecule has 0 bridgehead atoms. The van der Waals surface area contributed by atoms with Crippen molar-refractivity contribution in [2.45, 2.75) is 32.6 Å². The van der Waals surface area contributed by atoms with Crippen molar-refractivity contribution in [1.82, 2.24) is 0 Å². The first kappa shape index (κ1) is 7.40. The van der Waals surface area contributed by atoms with E-state index in [4.69, 9.17) is 11.6 Å². The SMILES string of the molecule is C[C@H]1CC[C@H](CCl)CC1. The molecule has 1 aliphatic rings. The van der Waals surface area contributed by atoms with Crippen LogP contribution in [0.4, 0.5) is 0 Å². The summed E-state index contributed by atoms with van der Waals surface area (Å²) >= 11 is 5.73. The van der Waals surface area contributed by atoms with Gasteiger partial charge >= 0.3 is 0 Å². The van der Waals surface area contributed by atoms with Crippen LogP contribution in [0.5, 0.6) is 0 Å². The molecule has 0 aromatic carbocycles. The van der Waals surface area contributed by atoms with Gasteiger partial charge in [0.2, 0.25) is 0 Å². The molecular weight excluding hydrogens is 132 g/mol. The van der Waals surface area contributed by atoms with E-state index >= 15 is 0 Å². The molecule has 0 saturated heterocycles. The van der Waals surface area contributed by atoms with E-state index in [1.165, 1.54) is 25.7 Å². The second-order valence-electron chi connectivity index (χ2n) is 3.28. The maximum Gasteiger partial charge on any atom is 0.0251 e. The van der Waals surface area contributed by atoms with Crippen molar-refractivity contribution in [3.05, 3.63) is 0 Å². The van der Waals surface area contributed by atoms with E-state index in [1.807, 2.05) is 0 Å². The fraction of sp³-hybridized carbons (Fsp3) is 1.00. The molecule has 0 aromatic rings. The summed E-state index contributed by atoms with van der Waals surface area (Å²) in [6.45, 7) is 2.34. The molecule has 9 heavy (non-hydrogen) atoms. The highest BCUT2D eigenvalue weighted by Crippen LogP contribution is 2.28. The fourth-order valence-corrected chi connectivity index (χ4v) is 1.79. The van der Waals surface area contributed by atoms with Crippen LogP contribution in [-0.4, -0.2) is 5.88 Å². The van der Waals surface area contributed by atoms with E-state index in [0.717, 1.165) is 17.7 Å². The highest BCUT2D eigenvalue weighted by molar-refractivity contribution is 6.18. The Balaban J connectivity index is 2.18. The average molecular weight is 147 g/mol. The number of rotatable bonds is 1. The molecule has 0 spiro atoms. The van der Waals surface area contributed by atoms with Gasteiger partial charge < -0.3 is 0 Å². The summed E-state index contributed by atoms with van der Waals surface area (Å²) in [6, 6.07) is 0. The Bertz CT molecular complexity index is 72.6. The van der Waals surface area contributed by atoms with Gasteiger partial charge in [0.1, 0.15) is 0 Å². The second-order valence-corrected chi connectivity index (χ2v) is 3.59. The predicted octanol–water partition coefficient (Wildman–Crippen LogP) is 3.05. The highest BCUT2D eigenvalue weighted by atomic mass is 35.5. The van der Waals surface area contributed by atoms with Crippen molar-refractivity contribution in [3.63, 3.8) is 0 Å². The van der Waals surface area contributed by atoms with Crippen molar-refractivity contribution >= 4 is 11.6 Å². The Morgan fingerprint density at radius 2 is 1.78 bits per heavy atom. The number of halogens is 1. The highest BCUT2D eigenvalue weighted by Gasteiger charge is 2.16. The van der Waals surface area contributed by atoms with E-state index < -0.39 is 0 Å². The van der Waals surface area contributed by atoms with Crippen molar-refractivity contribution in [3.8, 4) is 0 Å². The van der Waals surface area contributed by atoms with Gasteiger partial charge in [-0.05, 0) is 24.7 Å². The number of hydrogen-bond acceptors (Lipinski definition) is 0. The molecule has 1 aliphatic carbocycles. The van der Waals surface area contributed by atoms with E-state index in [1.54, 1.807) is 0 Å². The first-order valence-electron chi connectivity index (χ1n) is 3.89. The summed E-state index contributed by atoms with van der Waals surface area (Å²) < 4.78 is 0. The Labute approximate surface area is 62.6 Å². The normalized spacial score (nSPS) is 36.7. The molecular formula is C8H15Cl. The Morgan fingerprint density at radius 1 is 1.22 bits per heavy atom. The van der Waals surface area contributed by atoms with E-state index in [-0.39, 0.29) is 0 Å². The molecule has 0 radical (unpaired) electrons. The van der Waals surface area contributed by atoms with Crippen molar-refractivity contribution < 1.29 is 0 Å². The minimum atomic E-state index is 0.836. The molecule has 0 heterocycles. The van der Waals surface area contributed by atoms with Crippen LogP contribution in [0.25, 0.3) is 0 Å². The second kappa shape index (κ2) is 3.46. The average Bonchev–Trinajstić information content (AvgIpc) is 1.90. The third kappa shape index (κ3) is 2.17. The lowest BCUT2D eigenvalue weighted by Gasteiger charge is -2.23. The standard InChI is InChI=1S/C8H15Cl/c1-7-2-4-8(6-9)5-3-7/h7-8H,2-6H2,1H3/t7-,8-.